The van der Waals surface area contributed by atoms with E-state index in [4.69, 9.17) is 9.84 Å². The van der Waals surface area contributed by atoms with Crippen molar-refractivity contribution in [2.24, 2.45) is 0 Å². The molecule has 0 aliphatic heterocycles. The van der Waals surface area contributed by atoms with Gasteiger partial charge in [0.2, 0.25) is 0 Å². The Labute approximate surface area is 125 Å². The number of carboxylic acids is 1. The van der Waals surface area contributed by atoms with Crippen molar-refractivity contribution < 1.29 is 14.6 Å². The van der Waals surface area contributed by atoms with E-state index in [-0.39, 0.29) is 6.42 Å². The van der Waals surface area contributed by atoms with Crippen molar-refractivity contribution in [2.75, 3.05) is 0 Å². The van der Waals surface area contributed by atoms with Crippen LogP contribution in [-0.4, -0.2) is 11.1 Å². The fourth-order valence-electron chi connectivity index (χ4n) is 2.59. The minimum atomic E-state index is -0.822. The number of carbonyl (C=O) groups is 1. The van der Waals surface area contributed by atoms with Crippen LogP contribution in [-0.2, 0) is 11.2 Å². The Morgan fingerprint density at radius 3 is 1.95 bits per heavy atom. The van der Waals surface area contributed by atoms with Crippen LogP contribution in [0.2, 0.25) is 0 Å². The molecule has 0 aromatic heterocycles. The first-order valence-electron chi connectivity index (χ1n) is 6.93. The molecule has 3 nitrogen and oxygen atoms in total. The molecule has 2 rings (SSSR count). The standard InChI is InChI=1S/C18H20O3/c1-11-5-12(2)7-16(6-11)21-18-13(3)8-15(9-14(18)4)10-17(19)20/h5-9H,10H2,1-4H3,(H,19,20). The first-order chi connectivity index (χ1) is 9.85. The predicted molar refractivity (Wildman–Crippen MR) is 83.2 cm³/mol. The molecule has 3 heteroatoms. The Hall–Kier alpha value is -2.29. The van der Waals surface area contributed by atoms with E-state index in [2.05, 4.69) is 6.07 Å². The molecular formula is C18H20O3. The summed E-state index contributed by atoms with van der Waals surface area (Å²) in [6, 6.07) is 9.84. The summed E-state index contributed by atoms with van der Waals surface area (Å²) in [5.41, 5.74) is 5.01. The van der Waals surface area contributed by atoms with Crippen molar-refractivity contribution in [1.29, 1.82) is 0 Å². The van der Waals surface area contributed by atoms with Gasteiger partial charge < -0.3 is 9.84 Å². The minimum absolute atomic E-state index is 0.0332. The quantitative estimate of drug-likeness (QED) is 0.908. The van der Waals surface area contributed by atoms with Gasteiger partial charge in [-0.3, -0.25) is 4.79 Å². The Morgan fingerprint density at radius 1 is 0.952 bits per heavy atom. The topological polar surface area (TPSA) is 46.5 Å². The molecule has 0 bridgehead atoms. The predicted octanol–water partition coefficient (Wildman–Crippen LogP) is 4.34. The number of hydrogen-bond acceptors (Lipinski definition) is 2. The molecule has 2 aromatic carbocycles. The van der Waals surface area contributed by atoms with Crippen LogP contribution in [0.1, 0.15) is 27.8 Å². The molecule has 1 N–H and O–H groups in total. The molecule has 0 aliphatic rings. The smallest absolute Gasteiger partial charge is 0.307 e. The van der Waals surface area contributed by atoms with Gasteiger partial charge in [0.15, 0.2) is 0 Å². The van der Waals surface area contributed by atoms with Gasteiger partial charge in [-0.15, -0.1) is 0 Å². The van der Waals surface area contributed by atoms with Crippen LogP contribution in [0.25, 0.3) is 0 Å². The fourth-order valence-corrected chi connectivity index (χ4v) is 2.59. The van der Waals surface area contributed by atoms with E-state index in [1.807, 2.05) is 52.0 Å². The van der Waals surface area contributed by atoms with Crippen molar-refractivity contribution in [2.45, 2.75) is 34.1 Å². The van der Waals surface area contributed by atoms with E-state index >= 15 is 0 Å². The Morgan fingerprint density at radius 2 is 1.48 bits per heavy atom. The summed E-state index contributed by atoms with van der Waals surface area (Å²) < 4.78 is 6.01. The van der Waals surface area contributed by atoms with E-state index in [9.17, 15) is 4.79 Å². The number of aliphatic carboxylic acids is 1. The molecule has 110 valence electrons. The lowest BCUT2D eigenvalue weighted by Crippen LogP contribution is -2.02. The van der Waals surface area contributed by atoms with Crippen LogP contribution in [0.5, 0.6) is 11.5 Å². The molecule has 0 amide bonds. The highest BCUT2D eigenvalue weighted by atomic mass is 16.5. The lowest BCUT2D eigenvalue weighted by Gasteiger charge is -2.14. The van der Waals surface area contributed by atoms with Gasteiger partial charge >= 0.3 is 5.97 Å². The lowest BCUT2D eigenvalue weighted by molar-refractivity contribution is -0.136. The highest BCUT2D eigenvalue weighted by molar-refractivity contribution is 5.70. The number of aryl methyl sites for hydroxylation is 4. The van der Waals surface area contributed by atoms with Gasteiger partial charge in [0.1, 0.15) is 11.5 Å². The van der Waals surface area contributed by atoms with Crippen molar-refractivity contribution >= 4 is 5.97 Å². The molecule has 0 saturated carbocycles. The third-order valence-electron chi connectivity index (χ3n) is 3.29. The van der Waals surface area contributed by atoms with Crippen LogP contribution in [0.15, 0.2) is 30.3 Å². The van der Waals surface area contributed by atoms with E-state index in [1.54, 1.807) is 0 Å². The zero-order valence-electron chi connectivity index (χ0n) is 12.9. The third kappa shape index (κ3) is 3.85. The van der Waals surface area contributed by atoms with Crippen LogP contribution in [0, 0.1) is 27.7 Å². The molecule has 0 heterocycles. The highest BCUT2D eigenvalue weighted by Gasteiger charge is 2.10. The van der Waals surface area contributed by atoms with Gasteiger partial charge in [-0.05, 0) is 67.6 Å². The zero-order chi connectivity index (χ0) is 15.6. The number of ether oxygens (including phenoxy) is 1. The van der Waals surface area contributed by atoms with Gasteiger partial charge in [-0.1, -0.05) is 18.2 Å². The van der Waals surface area contributed by atoms with Crippen molar-refractivity contribution in [3.8, 4) is 11.5 Å². The first kappa shape index (κ1) is 15.1. The average molecular weight is 284 g/mol. The van der Waals surface area contributed by atoms with Gasteiger partial charge in [0, 0.05) is 0 Å². The molecule has 0 spiro atoms. The van der Waals surface area contributed by atoms with Gasteiger partial charge in [0.25, 0.3) is 0 Å². The molecular weight excluding hydrogens is 264 g/mol. The van der Waals surface area contributed by atoms with E-state index in [1.165, 1.54) is 0 Å². The largest absolute Gasteiger partial charge is 0.481 e. The highest BCUT2D eigenvalue weighted by Crippen LogP contribution is 2.31. The second-order valence-corrected chi connectivity index (χ2v) is 5.55. The van der Waals surface area contributed by atoms with E-state index < -0.39 is 5.97 Å². The summed E-state index contributed by atoms with van der Waals surface area (Å²) in [5.74, 6) is 0.788. The fraction of sp³-hybridized carbons (Fsp3) is 0.278. The summed E-state index contributed by atoms with van der Waals surface area (Å²) >= 11 is 0. The summed E-state index contributed by atoms with van der Waals surface area (Å²) in [4.78, 5) is 10.8. The maximum absolute atomic E-state index is 10.8. The SMILES string of the molecule is Cc1cc(C)cc(Oc2c(C)cc(CC(=O)O)cc2C)c1. The second kappa shape index (κ2) is 6.00. The monoisotopic (exact) mass is 284 g/mol. The summed E-state index contributed by atoms with van der Waals surface area (Å²) in [6.45, 7) is 7.96. The third-order valence-corrected chi connectivity index (χ3v) is 3.29. The maximum atomic E-state index is 10.8. The Bertz CT molecular complexity index is 644. The maximum Gasteiger partial charge on any atom is 0.307 e. The Kier molecular flexibility index (Phi) is 4.32. The van der Waals surface area contributed by atoms with E-state index in [0.29, 0.717) is 0 Å². The van der Waals surface area contributed by atoms with Gasteiger partial charge in [0.05, 0.1) is 6.42 Å². The lowest BCUT2D eigenvalue weighted by atomic mass is 10.0. The van der Waals surface area contributed by atoms with Crippen molar-refractivity contribution in [1.82, 2.24) is 0 Å². The van der Waals surface area contributed by atoms with Crippen LogP contribution in [0.4, 0.5) is 0 Å². The van der Waals surface area contributed by atoms with Gasteiger partial charge in [-0.25, -0.2) is 0 Å². The van der Waals surface area contributed by atoms with Crippen LogP contribution >= 0.6 is 0 Å². The molecule has 0 aliphatic carbocycles. The normalized spacial score (nSPS) is 10.5. The number of hydrogen-bond donors (Lipinski definition) is 1. The molecule has 0 unspecified atom stereocenters. The molecule has 0 radical (unpaired) electrons. The van der Waals surface area contributed by atoms with Crippen LogP contribution < -0.4 is 4.74 Å². The summed E-state index contributed by atoms with van der Waals surface area (Å²) in [7, 11) is 0. The number of rotatable bonds is 4. The van der Waals surface area contributed by atoms with Crippen LogP contribution in [0.3, 0.4) is 0 Å². The van der Waals surface area contributed by atoms with Crippen molar-refractivity contribution in [3.05, 3.63) is 58.1 Å². The average Bonchev–Trinajstić information content (AvgIpc) is 2.31. The molecule has 0 fully saturated rings. The molecule has 21 heavy (non-hydrogen) atoms. The molecule has 0 saturated heterocycles. The zero-order valence-corrected chi connectivity index (χ0v) is 12.9. The molecule has 0 atom stereocenters. The second-order valence-electron chi connectivity index (χ2n) is 5.55. The Balaban J connectivity index is 2.34. The molecule has 2 aromatic rings. The van der Waals surface area contributed by atoms with Crippen molar-refractivity contribution in [3.63, 3.8) is 0 Å². The first-order valence-corrected chi connectivity index (χ1v) is 6.93. The minimum Gasteiger partial charge on any atom is -0.481 e. The number of benzene rings is 2. The van der Waals surface area contributed by atoms with Gasteiger partial charge in [-0.2, -0.15) is 0 Å². The summed E-state index contributed by atoms with van der Waals surface area (Å²) in [5, 5.41) is 8.88. The number of carboxylic acid groups (broad SMARTS) is 1. The summed E-state index contributed by atoms with van der Waals surface area (Å²) in [6.07, 6.45) is 0.0332. The van der Waals surface area contributed by atoms with E-state index in [0.717, 1.165) is 39.3 Å².